The second-order valence-corrected chi connectivity index (χ2v) is 5.47. The van der Waals surface area contributed by atoms with Gasteiger partial charge in [-0.3, -0.25) is 4.98 Å². The maximum atomic E-state index is 9.29. The zero-order valence-electron chi connectivity index (χ0n) is 12.9. The van der Waals surface area contributed by atoms with Crippen LogP contribution in [0, 0.1) is 13.8 Å². The molecule has 0 aliphatic carbocycles. The van der Waals surface area contributed by atoms with Gasteiger partial charge >= 0.3 is 0 Å². The number of aliphatic hydroxyl groups is 1. The fourth-order valence-electron chi connectivity index (χ4n) is 2.93. The summed E-state index contributed by atoms with van der Waals surface area (Å²) in [5, 5.41) is 14.8. The van der Waals surface area contributed by atoms with E-state index in [9.17, 15) is 5.11 Å². The van der Waals surface area contributed by atoms with Crippen LogP contribution >= 0.6 is 0 Å². The van der Waals surface area contributed by atoms with E-state index in [1.807, 2.05) is 30.5 Å². The Labute approximate surface area is 132 Å². The van der Waals surface area contributed by atoms with E-state index in [-0.39, 0.29) is 6.61 Å². The number of pyridine rings is 1. The van der Waals surface area contributed by atoms with Gasteiger partial charge in [-0.25, -0.2) is 14.5 Å². The SMILES string of the molecule is Cc1c(C)n(CCO)c2ncn3nc(-c4ccncc4)nc3c12. The lowest BCUT2D eigenvalue weighted by Gasteiger charge is -2.04. The zero-order chi connectivity index (χ0) is 16.0. The lowest BCUT2D eigenvalue weighted by molar-refractivity contribution is 0.276. The van der Waals surface area contributed by atoms with Crippen LogP contribution in [0.15, 0.2) is 30.9 Å². The number of fused-ring (bicyclic) bond motifs is 3. The molecule has 4 rings (SSSR count). The van der Waals surface area contributed by atoms with Crippen molar-refractivity contribution in [1.82, 2.24) is 29.1 Å². The molecule has 0 spiro atoms. The van der Waals surface area contributed by atoms with Crippen LogP contribution in [0.4, 0.5) is 0 Å². The molecule has 4 heterocycles. The van der Waals surface area contributed by atoms with Crippen molar-refractivity contribution in [3.05, 3.63) is 42.1 Å². The molecule has 4 aromatic rings. The first-order valence-corrected chi connectivity index (χ1v) is 7.42. The highest BCUT2D eigenvalue weighted by Gasteiger charge is 2.17. The fraction of sp³-hybridized carbons (Fsp3) is 0.250. The van der Waals surface area contributed by atoms with Gasteiger partial charge in [0.05, 0.1) is 12.0 Å². The second-order valence-electron chi connectivity index (χ2n) is 5.47. The summed E-state index contributed by atoms with van der Waals surface area (Å²) < 4.78 is 3.72. The van der Waals surface area contributed by atoms with Crippen molar-refractivity contribution in [2.75, 3.05) is 6.61 Å². The van der Waals surface area contributed by atoms with Crippen LogP contribution in [0.2, 0.25) is 0 Å². The molecular weight excluding hydrogens is 292 g/mol. The number of nitrogens with zero attached hydrogens (tertiary/aromatic N) is 6. The standard InChI is InChI=1S/C16H16N6O/c1-10-11(2)21(7-8-23)15-13(10)16-19-14(20-22(16)9-18-15)12-3-5-17-6-4-12/h3-6,9,23H,7-8H2,1-2H3. The van der Waals surface area contributed by atoms with Crippen LogP contribution in [-0.4, -0.2) is 40.8 Å². The number of aromatic nitrogens is 6. The van der Waals surface area contributed by atoms with Gasteiger partial charge in [0, 0.05) is 30.2 Å². The Morgan fingerprint density at radius 1 is 1.13 bits per heavy atom. The molecule has 116 valence electrons. The van der Waals surface area contributed by atoms with Gasteiger partial charge in [0.2, 0.25) is 0 Å². The number of hydrogen-bond donors (Lipinski definition) is 1. The first kappa shape index (κ1) is 13.8. The molecule has 7 heteroatoms. The second kappa shape index (κ2) is 5.13. The third-order valence-electron chi connectivity index (χ3n) is 4.21. The Hall–Kier alpha value is -2.80. The van der Waals surface area contributed by atoms with E-state index >= 15 is 0 Å². The molecule has 0 fully saturated rings. The Kier molecular flexibility index (Phi) is 3.09. The van der Waals surface area contributed by atoms with Crippen molar-refractivity contribution < 1.29 is 5.11 Å². The van der Waals surface area contributed by atoms with Crippen molar-refractivity contribution in [3.63, 3.8) is 0 Å². The van der Waals surface area contributed by atoms with Crippen molar-refractivity contribution in [2.45, 2.75) is 20.4 Å². The minimum absolute atomic E-state index is 0.0753. The van der Waals surface area contributed by atoms with Gasteiger partial charge in [-0.15, -0.1) is 5.10 Å². The van der Waals surface area contributed by atoms with Crippen LogP contribution in [0.5, 0.6) is 0 Å². The van der Waals surface area contributed by atoms with Crippen molar-refractivity contribution in [3.8, 4) is 11.4 Å². The number of aliphatic hydroxyl groups excluding tert-OH is 1. The van der Waals surface area contributed by atoms with Crippen molar-refractivity contribution in [1.29, 1.82) is 0 Å². The van der Waals surface area contributed by atoms with Gasteiger partial charge < -0.3 is 9.67 Å². The van der Waals surface area contributed by atoms with E-state index in [4.69, 9.17) is 4.98 Å². The molecule has 1 N–H and O–H groups in total. The Balaban J connectivity index is 2.02. The van der Waals surface area contributed by atoms with E-state index in [1.165, 1.54) is 0 Å². The molecule has 4 aromatic heterocycles. The highest BCUT2D eigenvalue weighted by molar-refractivity contribution is 5.94. The Morgan fingerprint density at radius 2 is 1.91 bits per heavy atom. The minimum Gasteiger partial charge on any atom is -0.395 e. The molecule has 0 aliphatic rings. The summed E-state index contributed by atoms with van der Waals surface area (Å²) in [7, 11) is 0. The summed E-state index contributed by atoms with van der Waals surface area (Å²) in [5.41, 5.74) is 4.72. The maximum Gasteiger partial charge on any atom is 0.182 e. The molecule has 0 saturated heterocycles. The molecule has 0 amide bonds. The van der Waals surface area contributed by atoms with E-state index in [2.05, 4.69) is 15.1 Å². The van der Waals surface area contributed by atoms with Gasteiger partial charge in [0.1, 0.15) is 12.0 Å². The summed E-state index contributed by atoms with van der Waals surface area (Å²) in [6.45, 7) is 4.67. The summed E-state index contributed by atoms with van der Waals surface area (Å²) in [5.74, 6) is 0.647. The molecule has 23 heavy (non-hydrogen) atoms. The van der Waals surface area contributed by atoms with Crippen LogP contribution in [-0.2, 0) is 6.54 Å². The minimum atomic E-state index is 0.0753. The fourth-order valence-corrected chi connectivity index (χ4v) is 2.93. The average Bonchev–Trinajstić information content (AvgIpc) is 3.11. The first-order valence-electron chi connectivity index (χ1n) is 7.42. The molecule has 7 nitrogen and oxygen atoms in total. The maximum absolute atomic E-state index is 9.29. The van der Waals surface area contributed by atoms with Crippen LogP contribution in [0.1, 0.15) is 11.3 Å². The van der Waals surface area contributed by atoms with Gasteiger partial charge in [-0.2, -0.15) is 0 Å². The van der Waals surface area contributed by atoms with Crippen molar-refractivity contribution in [2.24, 2.45) is 0 Å². The molecular formula is C16H16N6O. The van der Waals surface area contributed by atoms with E-state index < -0.39 is 0 Å². The van der Waals surface area contributed by atoms with Gasteiger partial charge in [0.15, 0.2) is 11.5 Å². The van der Waals surface area contributed by atoms with E-state index in [1.54, 1.807) is 23.2 Å². The van der Waals surface area contributed by atoms with Gasteiger partial charge in [-0.05, 0) is 31.5 Å². The predicted molar refractivity (Wildman–Crippen MR) is 86.1 cm³/mol. The molecule has 0 atom stereocenters. The monoisotopic (exact) mass is 308 g/mol. The van der Waals surface area contributed by atoms with Gasteiger partial charge in [0.25, 0.3) is 0 Å². The summed E-state index contributed by atoms with van der Waals surface area (Å²) in [6, 6.07) is 3.77. The van der Waals surface area contributed by atoms with Crippen molar-refractivity contribution >= 4 is 16.7 Å². The molecule has 0 aromatic carbocycles. The summed E-state index contributed by atoms with van der Waals surface area (Å²) in [4.78, 5) is 13.2. The lowest BCUT2D eigenvalue weighted by Crippen LogP contribution is -2.05. The number of hydrogen-bond acceptors (Lipinski definition) is 5. The van der Waals surface area contributed by atoms with Crippen LogP contribution in [0.3, 0.4) is 0 Å². The first-order chi connectivity index (χ1) is 11.2. The van der Waals surface area contributed by atoms with Crippen LogP contribution < -0.4 is 0 Å². The Bertz CT molecular complexity index is 1000. The summed E-state index contributed by atoms with van der Waals surface area (Å²) >= 11 is 0. The predicted octanol–water partition coefficient (Wildman–Crippen LogP) is 1.75. The molecule has 0 bridgehead atoms. The lowest BCUT2D eigenvalue weighted by atomic mass is 10.2. The molecule has 0 radical (unpaired) electrons. The highest BCUT2D eigenvalue weighted by atomic mass is 16.3. The average molecular weight is 308 g/mol. The number of aryl methyl sites for hydroxylation is 1. The summed E-state index contributed by atoms with van der Waals surface area (Å²) in [6.07, 6.45) is 5.12. The molecule has 0 saturated carbocycles. The largest absolute Gasteiger partial charge is 0.395 e. The third kappa shape index (κ3) is 2.01. The zero-order valence-corrected chi connectivity index (χ0v) is 12.9. The smallest absolute Gasteiger partial charge is 0.182 e. The van der Waals surface area contributed by atoms with E-state index in [0.717, 1.165) is 33.5 Å². The molecule has 0 unspecified atom stereocenters. The highest BCUT2D eigenvalue weighted by Crippen LogP contribution is 2.27. The molecule has 0 aliphatic heterocycles. The van der Waals surface area contributed by atoms with Gasteiger partial charge in [-0.1, -0.05) is 0 Å². The van der Waals surface area contributed by atoms with E-state index in [0.29, 0.717) is 12.4 Å². The third-order valence-corrected chi connectivity index (χ3v) is 4.21. The Morgan fingerprint density at radius 3 is 2.65 bits per heavy atom. The number of rotatable bonds is 3. The quantitative estimate of drug-likeness (QED) is 0.623. The normalized spacial score (nSPS) is 11.6. The topological polar surface area (TPSA) is 81.1 Å². The van der Waals surface area contributed by atoms with Crippen LogP contribution in [0.25, 0.3) is 28.1 Å².